The molecular weight excluding hydrogens is 244 g/mol. The van der Waals surface area contributed by atoms with Crippen molar-refractivity contribution in [3.05, 3.63) is 42.5 Å². The molecule has 3 atom stereocenters. The van der Waals surface area contributed by atoms with Gasteiger partial charge in [-0.05, 0) is 49.2 Å². The number of benzene rings is 2. The van der Waals surface area contributed by atoms with Crippen LogP contribution in [-0.4, -0.2) is 25.7 Å². The summed E-state index contributed by atoms with van der Waals surface area (Å²) >= 11 is 0. The predicted octanol–water partition coefficient (Wildman–Crippen LogP) is 3.66. The van der Waals surface area contributed by atoms with Crippen LogP contribution in [0.2, 0.25) is 0 Å². The van der Waals surface area contributed by atoms with Crippen molar-refractivity contribution in [2.24, 2.45) is 5.92 Å². The molecule has 2 aromatic carbocycles. The summed E-state index contributed by atoms with van der Waals surface area (Å²) in [5.41, 5.74) is 1.36. The number of rotatable bonds is 2. The number of anilines is 1. The molecule has 0 aliphatic carbocycles. The van der Waals surface area contributed by atoms with Gasteiger partial charge in [0.2, 0.25) is 0 Å². The van der Waals surface area contributed by atoms with Gasteiger partial charge in [0, 0.05) is 24.3 Å². The first-order valence-corrected chi connectivity index (χ1v) is 7.63. The van der Waals surface area contributed by atoms with Crippen molar-refractivity contribution < 1.29 is 0 Å². The Kier molecular flexibility index (Phi) is 3.66. The Bertz CT molecular complexity index is 593. The second-order valence-electron chi connectivity index (χ2n) is 6.01. The number of fused-ring (bicyclic) bond motifs is 1. The first kappa shape index (κ1) is 13.4. The van der Waals surface area contributed by atoms with E-state index in [4.69, 9.17) is 0 Å². The van der Waals surface area contributed by atoms with Gasteiger partial charge in [0.25, 0.3) is 0 Å². The lowest BCUT2D eigenvalue weighted by Crippen LogP contribution is -2.52. The highest BCUT2D eigenvalue weighted by molar-refractivity contribution is 5.85. The van der Waals surface area contributed by atoms with Gasteiger partial charge >= 0.3 is 0 Å². The third kappa shape index (κ3) is 2.29. The Hall–Kier alpha value is -1.54. The number of nitrogens with one attached hydrogen (secondary N) is 1. The van der Waals surface area contributed by atoms with Crippen molar-refractivity contribution in [2.75, 3.05) is 18.5 Å². The third-order valence-corrected chi connectivity index (χ3v) is 5.00. The predicted molar refractivity (Wildman–Crippen MR) is 87.4 cm³/mol. The van der Waals surface area contributed by atoms with E-state index in [1.54, 1.807) is 0 Å². The molecule has 3 unspecified atom stereocenters. The maximum atomic E-state index is 3.46. The lowest BCUT2D eigenvalue weighted by atomic mass is 9.86. The number of hydrogen-bond donors (Lipinski definition) is 1. The molecule has 0 aromatic heterocycles. The van der Waals surface area contributed by atoms with Crippen LogP contribution in [0.25, 0.3) is 10.8 Å². The molecule has 0 bridgehead atoms. The Morgan fingerprint density at radius 2 is 1.80 bits per heavy atom. The highest BCUT2D eigenvalue weighted by atomic mass is 15.2. The first-order chi connectivity index (χ1) is 9.70. The third-order valence-electron chi connectivity index (χ3n) is 5.00. The van der Waals surface area contributed by atoms with Crippen molar-refractivity contribution >= 4 is 16.5 Å². The average molecular weight is 268 g/mol. The molecule has 0 saturated carbocycles. The number of hydrogen-bond acceptors (Lipinski definition) is 2. The van der Waals surface area contributed by atoms with Crippen LogP contribution in [0.3, 0.4) is 0 Å². The van der Waals surface area contributed by atoms with Gasteiger partial charge in [0.1, 0.15) is 0 Å². The summed E-state index contributed by atoms with van der Waals surface area (Å²) in [5, 5.41) is 6.11. The van der Waals surface area contributed by atoms with E-state index in [2.05, 4.69) is 73.6 Å². The molecule has 1 fully saturated rings. The van der Waals surface area contributed by atoms with Crippen LogP contribution < -0.4 is 10.2 Å². The number of piperidine rings is 1. The minimum absolute atomic E-state index is 0.572. The largest absolute Gasteiger partial charge is 0.368 e. The first-order valence-electron chi connectivity index (χ1n) is 7.63. The summed E-state index contributed by atoms with van der Waals surface area (Å²) in [5.74, 6) is 0.667. The van der Waals surface area contributed by atoms with Crippen LogP contribution in [0.1, 0.15) is 20.3 Å². The van der Waals surface area contributed by atoms with E-state index in [1.165, 1.54) is 22.9 Å². The van der Waals surface area contributed by atoms with Crippen molar-refractivity contribution in [3.8, 4) is 0 Å². The van der Waals surface area contributed by atoms with E-state index >= 15 is 0 Å². The maximum Gasteiger partial charge on any atom is 0.0375 e. The van der Waals surface area contributed by atoms with Crippen LogP contribution in [0, 0.1) is 5.92 Å². The zero-order valence-corrected chi connectivity index (χ0v) is 12.6. The van der Waals surface area contributed by atoms with Crippen LogP contribution in [-0.2, 0) is 0 Å². The van der Waals surface area contributed by atoms with Gasteiger partial charge in [-0.15, -0.1) is 0 Å². The zero-order valence-electron chi connectivity index (χ0n) is 12.6. The van der Waals surface area contributed by atoms with Crippen LogP contribution in [0.5, 0.6) is 0 Å². The smallest absolute Gasteiger partial charge is 0.0375 e. The van der Waals surface area contributed by atoms with Crippen LogP contribution >= 0.6 is 0 Å². The molecule has 1 aliphatic heterocycles. The van der Waals surface area contributed by atoms with E-state index < -0.39 is 0 Å². The Morgan fingerprint density at radius 3 is 2.55 bits per heavy atom. The number of nitrogens with zero attached hydrogens (tertiary/aromatic N) is 1. The summed E-state index contributed by atoms with van der Waals surface area (Å²) in [4.78, 5) is 2.56. The molecule has 1 aliphatic rings. The van der Waals surface area contributed by atoms with E-state index in [1.807, 2.05) is 0 Å². The van der Waals surface area contributed by atoms with Crippen molar-refractivity contribution in [1.29, 1.82) is 0 Å². The SMILES string of the molecule is CNC1CCN(c2ccc3ccccc3c2)C(C)C1C. The minimum atomic E-state index is 0.572. The molecule has 2 aromatic rings. The standard InChI is InChI=1S/C18H24N2/c1-13-14(2)20(11-10-18(13)19-3)17-9-8-15-6-4-5-7-16(15)12-17/h4-9,12-14,18-19H,10-11H2,1-3H3. The molecule has 1 heterocycles. The molecular formula is C18H24N2. The van der Waals surface area contributed by atoms with Crippen molar-refractivity contribution in [3.63, 3.8) is 0 Å². The second kappa shape index (κ2) is 5.45. The lowest BCUT2D eigenvalue weighted by Gasteiger charge is -2.44. The second-order valence-corrected chi connectivity index (χ2v) is 6.01. The molecule has 1 saturated heterocycles. The Morgan fingerprint density at radius 1 is 1.05 bits per heavy atom. The van der Waals surface area contributed by atoms with Gasteiger partial charge in [0.15, 0.2) is 0 Å². The molecule has 0 spiro atoms. The van der Waals surface area contributed by atoms with E-state index in [0.29, 0.717) is 18.0 Å². The lowest BCUT2D eigenvalue weighted by molar-refractivity contribution is 0.283. The highest BCUT2D eigenvalue weighted by Crippen LogP contribution is 2.30. The Balaban J connectivity index is 1.91. The van der Waals surface area contributed by atoms with Gasteiger partial charge in [-0.3, -0.25) is 0 Å². The fourth-order valence-electron chi connectivity index (χ4n) is 3.49. The fourth-order valence-corrected chi connectivity index (χ4v) is 3.49. The summed E-state index contributed by atoms with van der Waals surface area (Å²) in [7, 11) is 2.08. The molecule has 2 nitrogen and oxygen atoms in total. The van der Waals surface area contributed by atoms with Gasteiger partial charge in [-0.1, -0.05) is 37.3 Å². The molecule has 20 heavy (non-hydrogen) atoms. The summed E-state index contributed by atoms with van der Waals surface area (Å²) in [6, 6.07) is 16.7. The molecule has 0 amide bonds. The molecule has 106 valence electrons. The monoisotopic (exact) mass is 268 g/mol. The van der Waals surface area contributed by atoms with Gasteiger partial charge in [-0.2, -0.15) is 0 Å². The molecule has 3 rings (SSSR count). The summed E-state index contributed by atoms with van der Waals surface area (Å²) in [6.07, 6.45) is 1.22. The fraction of sp³-hybridized carbons (Fsp3) is 0.444. The Labute approximate surface area is 121 Å². The van der Waals surface area contributed by atoms with E-state index in [0.717, 1.165) is 6.54 Å². The molecule has 1 N–H and O–H groups in total. The summed E-state index contributed by atoms with van der Waals surface area (Å²) in [6.45, 7) is 5.84. The highest BCUT2D eigenvalue weighted by Gasteiger charge is 2.31. The van der Waals surface area contributed by atoms with Crippen molar-refractivity contribution in [2.45, 2.75) is 32.4 Å². The zero-order chi connectivity index (χ0) is 14.1. The summed E-state index contributed by atoms with van der Waals surface area (Å²) < 4.78 is 0. The van der Waals surface area contributed by atoms with E-state index in [9.17, 15) is 0 Å². The maximum absolute atomic E-state index is 3.46. The minimum Gasteiger partial charge on any atom is -0.368 e. The molecule has 0 radical (unpaired) electrons. The quantitative estimate of drug-likeness (QED) is 0.894. The van der Waals surface area contributed by atoms with Crippen LogP contribution in [0.4, 0.5) is 5.69 Å². The van der Waals surface area contributed by atoms with Gasteiger partial charge < -0.3 is 10.2 Å². The normalized spacial score (nSPS) is 26.9. The van der Waals surface area contributed by atoms with Gasteiger partial charge in [-0.25, -0.2) is 0 Å². The topological polar surface area (TPSA) is 15.3 Å². The average Bonchev–Trinajstić information content (AvgIpc) is 2.49. The van der Waals surface area contributed by atoms with Gasteiger partial charge in [0.05, 0.1) is 0 Å². The molecule has 2 heteroatoms. The van der Waals surface area contributed by atoms with Crippen molar-refractivity contribution in [1.82, 2.24) is 5.32 Å². The van der Waals surface area contributed by atoms with E-state index in [-0.39, 0.29) is 0 Å². The van der Waals surface area contributed by atoms with Crippen LogP contribution in [0.15, 0.2) is 42.5 Å².